The highest BCUT2D eigenvalue weighted by molar-refractivity contribution is 6.14. The minimum absolute atomic E-state index is 0.0665. The van der Waals surface area contributed by atoms with Gasteiger partial charge in [-0.1, -0.05) is 42.5 Å². The van der Waals surface area contributed by atoms with Crippen molar-refractivity contribution in [2.75, 3.05) is 24.3 Å². The summed E-state index contributed by atoms with van der Waals surface area (Å²) < 4.78 is 4.98. The number of anilines is 2. The van der Waals surface area contributed by atoms with Gasteiger partial charge in [-0.25, -0.2) is 4.79 Å². The minimum atomic E-state index is -0.889. The molecule has 9 heteroatoms. The van der Waals surface area contributed by atoms with Gasteiger partial charge in [0.2, 0.25) is 0 Å². The van der Waals surface area contributed by atoms with Crippen LogP contribution in [0.15, 0.2) is 72.8 Å². The Morgan fingerprint density at radius 1 is 0.906 bits per heavy atom. The van der Waals surface area contributed by atoms with Gasteiger partial charge in [0.1, 0.15) is 5.69 Å². The van der Waals surface area contributed by atoms with Crippen LogP contribution < -0.4 is 10.6 Å². The molecule has 0 saturated heterocycles. The highest BCUT2D eigenvalue weighted by Gasteiger charge is 2.19. The van der Waals surface area contributed by atoms with E-state index in [9.17, 15) is 24.5 Å². The van der Waals surface area contributed by atoms with E-state index in [-0.39, 0.29) is 34.0 Å². The van der Waals surface area contributed by atoms with Crippen molar-refractivity contribution in [3.8, 4) is 0 Å². The molecule has 162 valence electrons. The third-order valence-electron chi connectivity index (χ3n) is 4.52. The van der Waals surface area contributed by atoms with Gasteiger partial charge in [-0.2, -0.15) is 0 Å². The molecule has 9 nitrogen and oxygen atoms in total. The van der Waals surface area contributed by atoms with E-state index < -0.39 is 23.4 Å². The summed E-state index contributed by atoms with van der Waals surface area (Å²) in [5, 5.41) is 16.4. The van der Waals surface area contributed by atoms with Gasteiger partial charge in [0.05, 0.1) is 16.2 Å². The summed E-state index contributed by atoms with van der Waals surface area (Å²) in [5.41, 5.74) is 0.909. The van der Waals surface area contributed by atoms with E-state index >= 15 is 0 Å². The van der Waals surface area contributed by atoms with E-state index in [0.29, 0.717) is 5.56 Å². The van der Waals surface area contributed by atoms with Crippen LogP contribution in [-0.2, 0) is 9.53 Å². The highest BCUT2D eigenvalue weighted by atomic mass is 16.6. The first-order valence-corrected chi connectivity index (χ1v) is 9.52. The van der Waals surface area contributed by atoms with Crippen LogP contribution in [0, 0.1) is 10.1 Å². The molecule has 0 radical (unpaired) electrons. The first kappa shape index (κ1) is 22.2. The van der Waals surface area contributed by atoms with Gasteiger partial charge in [-0.3, -0.25) is 19.7 Å². The predicted molar refractivity (Wildman–Crippen MR) is 118 cm³/mol. The van der Waals surface area contributed by atoms with Crippen LogP contribution in [0.2, 0.25) is 0 Å². The molecule has 0 aliphatic heterocycles. The number of nitro benzene ring substituents is 1. The summed E-state index contributed by atoms with van der Waals surface area (Å²) in [6.45, 7) is -0.631. The number of benzene rings is 3. The molecule has 0 spiro atoms. The number of nitrogens with one attached hydrogen (secondary N) is 2. The van der Waals surface area contributed by atoms with Crippen LogP contribution in [0.5, 0.6) is 0 Å². The van der Waals surface area contributed by atoms with Crippen molar-refractivity contribution >= 4 is 34.7 Å². The van der Waals surface area contributed by atoms with Crippen LogP contribution in [0.4, 0.5) is 17.1 Å². The zero-order chi connectivity index (χ0) is 23.1. The van der Waals surface area contributed by atoms with E-state index in [1.54, 1.807) is 54.6 Å². The van der Waals surface area contributed by atoms with E-state index in [1.165, 1.54) is 19.2 Å². The summed E-state index contributed by atoms with van der Waals surface area (Å²) in [7, 11) is 1.52. The SMILES string of the molecule is CNc1ccc(C(=O)OCC(=O)Nc2ccccc2C(=O)c2ccccc2)cc1[N+](=O)[O-]. The number of nitro groups is 1. The molecule has 3 aromatic carbocycles. The van der Waals surface area contributed by atoms with Gasteiger partial charge >= 0.3 is 5.97 Å². The maximum Gasteiger partial charge on any atom is 0.338 e. The number of carbonyl (C=O) groups is 3. The number of ketones is 1. The first-order valence-electron chi connectivity index (χ1n) is 9.52. The molecule has 0 bridgehead atoms. The number of carbonyl (C=O) groups excluding carboxylic acids is 3. The van der Waals surface area contributed by atoms with Gasteiger partial charge in [0, 0.05) is 24.2 Å². The van der Waals surface area contributed by atoms with Crippen molar-refractivity contribution in [3.63, 3.8) is 0 Å². The topological polar surface area (TPSA) is 128 Å². The average molecular weight is 433 g/mol. The molecule has 0 heterocycles. The van der Waals surface area contributed by atoms with E-state index in [1.807, 2.05) is 0 Å². The van der Waals surface area contributed by atoms with Crippen LogP contribution in [0.25, 0.3) is 0 Å². The maximum atomic E-state index is 12.7. The monoisotopic (exact) mass is 433 g/mol. The van der Waals surface area contributed by atoms with Crippen molar-refractivity contribution in [1.82, 2.24) is 0 Å². The molecule has 1 amide bonds. The lowest BCUT2D eigenvalue weighted by Crippen LogP contribution is -2.22. The minimum Gasteiger partial charge on any atom is -0.452 e. The largest absolute Gasteiger partial charge is 0.452 e. The Kier molecular flexibility index (Phi) is 6.92. The van der Waals surface area contributed by atoms with Crippen LogP contribution in [-0.4, -0.2) is 36.2 Å². The van der Waals surface area contributed by atoms with Gasteiger partial charge in [-0.15, -0.1) is 0 Å². The molecule has 0 aliphatic carbocycles. The smallest absolute Gasteiger partial charge is 0.338 e. The Hall–Kier alpha value is -4.53. The Labute approximate surface area is 183 Å². The fraction of sp³-hybridized carbons (Fsp3) is 0.0870. The highest BCUT2D eigenvalue weighted by Crippen LogP contribution is 2.25. The Bertz CT molecular complexity index is 1180. The lowest BCUT2D eigenvalue weighted by molar-refractivity contribution is -0.384. The van der Waals surface area contributed by atoms with Crippen LogP contribution in [0.1, 0.15) is 26.3 Å². The summed E-state index contributed by atoms with van der Waals surface area (Å²) in [5.74, 6) is -1.82. The zero-order valence-electron chi connectivity index (χ0n) is 17.0. The molecule has 0 fully saturated rings. The second kappa shape index (κ2) is 9.98. The average Bonchev–Trinajstić information content (AvgIpc) is 2.82. The number of ether oxygens (including phenoxy) is 1. The normalized spacial score (nSPS) is 10.2. The lowest BCUT2D eigenvalue weighted by Gasteiger charge is -2.11. The summed E-state index contributed by atoms with van der Waals surface area (Å²) in [4.78, 5) is 47.8. The van der Waals surface area contributed by atoms with Crippen LogP contribution >= 0.6 is 0 Å². The third kappa shape index (κ3) is 5.14. The molecule has 3 aromatic rings. The number of rotatable bonds is 8. The van der Waals surface area contributed by atoms with Crippen molar-refractivity contribution < 1.29 is 24.0 Å². The summed E-state index contributed by atoms with van der Waals surface area (Å²) in [6, 6.07) is 18.9. The van der Waals surface area contributed by atoms with Gasteiger partial charge in [0.25, 0.3) is 11.6 Å². The van der Waals surface area contributed by atoms with Gasteiger partial charge < -0.3 is 15.4 Å². The van der Waals surface area contributed by atoms with Crippen molar-refractivity contribution in [3.05, 3.63) is 99.6 Å². The van der Waals surface area contributed by atoms with Crippen molar-refractivity contribution in [2.45, 2.75) is 0 Å². The Morgan fingerprint density at radius 3 is 2.28 bits per heavy atom. The van der Waals surface area contributed by atoms with Crippen LogP contribution in [0.3, 0.4) is 0 Å². The molecule has 2 N–H and O–H groups in total. The van der Waals surface area contributed by atoms with E-state index in [2.05, 4.69) is 10.6 Å². The standard InChI is InChI=1S/C23H19N3O6/c1-24-19-12-11-16(13-20(19)26(30)31)23(29)32-14-21(27)25-18-10-6-5-9-17(18)22(28)15-7-3-2-4-8-15/h2-13,24H,14H2,1H3,(H,25,27). The molecule has 0 atom stereocenters. The molecule has 0 aliphatic rings. The summed E-state index contributed by atoms with van der Waals surface area (Å²) in [6.07, 6.45) is 0. The second-order valence-electron chi connectivity index (χ2n) is 6.60. The Balaban J connectivity index is 1.67. The van der Waals surface area contributed by atoms with Gasteiger partial charge in [0.15, 0.2) is 12.4 Å². The number of amides is 1. The van der Waals surface area contributed by atoms with Gasteiger partial charge in [-0.05, 0) is 24.3 Å². The molecule has 0 aromatic heterocycles. The van der Waals surface area contributed by atoms with E-state index in [0.717, 1.165) is 6.07 Å². The van der Waals surface area contributed by atoms with Crippen molar-refractivity contribution in [1.29, 1.82) is 0 Å². The second-order valence-corrected chi connectivity index (χ2v) is 6.60. The summed E-state index contributed by atoms with van der Waals surface area (Å²) >= 11 is 0. The molecule has 3 rings (SSSR count). The Morgan fingerprint density at radius 2 is 1.59 bits per heavy atom. The fourth-order valence-electron chi connectivity index (χ4n) is 2.96. The number of hydrogen-bond acceptors (Lipinski definition) is 7. The lowest BCUT2D eigenvalue weighted by atomic mass is 10.0. The molecular formula is C23H19N3O6. The maximum absolute atomic E-state index is 12.7. The predicted octanol–water partition coefficient (Wildman–Crippen LogP) is 3.66. The number of para-hydroxylation sites is 1. The molecule has 0 unspecified atom stereocenters. The number of nitrogens with zero attached hydrogens (tertiary/aromatic N) is 1. The molecular weight excluding hydrogens is 414 g/mol. The molecule has 32 heavy (non-hydrogen) atoms. The number of hydrogen-bond donors (Lipinski definition) is 2. The fourth-order valence-corrected chi connectivity index (χ4v) is 2.96. The quantitative estimate of drug-likeness (QED) is 0.240. The van der Waals surface area contributed by atoms with Crippen molar-refractivity contribution in [2.24, 2.45) is 0 Å². The first-order chi connectivity index (χ1) is 15.4. The number of esters is 1. The van der Waals surface area contributed by atoms with E-state index in [4.69, 9.17) is 4.74 Å². The molecule has 0 saturated carbocycles. The zero-order valence-corrected chi connectivity index (χ0v) is 17.0. The third-order valence-corrected chi connectivity index (χ3v) is 4.52.